The van der Waals surface area contributed by atoms with Gasteiger partial charge in [-0.2, -0.15) is 0 Å². The summed E-state index contributed by atoms with van der Waals surface area (Å²) >= 11 is 0. The number of carbonyl (C=O) groups excluding carboxylic acids is 1. The first-order chi connectivity index (χ1) is 9.25. The lowest BCUT2D eigenvalue weighted by Gasteiger charge is -2.10. The van der Waals surface area contributed by atoms with Crippen LogP contribution in [0.1, 0.15) is 23.7 Å². The van der Waals surface area contributed by atoms with Crippen molar-refractivity contribution in [1.82, 2.24) is 0 Å². The molecule has 0 aliphatic carbocycles. The second-order valence-corrected chi connectivity index (χ2v) is 4.28. The normalized spacial score (nSPS) is 11.8. The highest BCUT2D eigenvalue weighted by atomic mass is 16.5. The fourth-order valence-electron chi connectivity index (χ4n) is 1.75. The number of carbonyl (C=O) groups is 1. The minimum absolute atomic E-state index is 0.0309. The van der Waals surface area contributed by atoms with E-state index in [2.05, 4.69) is 0 Å². The van der Waals surface area contributed by atoms with Gasteiger partial charge in [0.2, 0.25) is 0 Å². The summed E-state index contributed by atoms with van der Waals surface area (Å²) in [6, 6.07) is 18.6. The van der Waals surface area contributed by atoms with Crippen molar-refractivity contribution >= 4 is 5.97 Å². The van der Waals surface area contributed by atoms with Crippen molar-refractivity contribution in [3.8, 4) is 0 Å². The van der Waals surface area contributed by atoms with E-state index in [0.717, 1.165) is 11.1 Å². The van der Waals surface area contributed by atoms with Gasteiger partial charge in [-0.3, -0.25) is 4.79 Å². The first kappa shape index (κ1) is 13.3. The molecule has 3 heteroatoms. The summed E-state index contributed by atoms with van der Waals surface area (Å²) in [6.07, 6.45) is -0.846. The van der Waals surface area contributed by atoms with Crippen LogP contribution in [0.25, 0.3) is 0 Å². The summed E-state index contributed by atoms with van der Waals surface area (Å²) < 4.78 is 5.12. The predicted octanol–water partition coefficient (Wildman–Crippen LogP) is 2.85. The first-order valence-electron chi connectivity index (χ1n) is 6.18. The van der Waals surface area contributed by atoms with E-state index < -0.39 is 12.1 Å². The molecule has 98 valence electrons. The summed E-state index contributed by atoms with van der Waals surface area (Å²) in [6.45, 7) is 0.237. The molecule has 0 saturated carbocycles. The number of esters is 1. The van der Waals surface area contributed by atoms with Gasteiger partial charge in [-0.25, -0.2) is 0 Å². The minimum atomic E-state index is -0.815. The van der Waals surface area contributed by atoms with E-state index in [4.69, 9.17) is 4.74 Å². The van der Waals surface area contributed by atoms with Gasteiger partial charge in [0, 0.05) is 0 Å². The lowest BCUT2D eigenvalue weighted by atomic mass is 10.1. The number of rotatable bonds is 5. The summed E-state index contributed by atoms with van der Waals surface area (Å²) in [5, 5.41) is 9.89. The van der Waals surface area contributed by atoms with Gasteiger partial charge < -0.3 is 9.84 Å². The molecule has 0 spiro atoms. The Kier molecular flexibility index (Phi) is 4.70. The highest BCUT2D eigenvalue weighted by Gasteiger charge is 2.13. The molecular formula is C16H16O3. The van der Waals surface area contributed by atoms with E-state index >= 15 is 0 Å². The lowest BCUT2D eigenvalue weighted by molar-refractivity contribution is -0.147. The van der Waals surface area contributed by atoms with Gasteiger partial charge in [0.25, 0.3) is 0 Å². The fraction of sp³-hybridized carbons (Fsp3) is 0.188. The number of benzene rings is 2. The topological polar surface area (TPSA) is 46.5 Å². The zero-order chi connectivity index (χ0) is 13.5. The Balaban J connectivity index is 1.82. The molecule has 0 aromatic heterocycles. The van der Waals surface area contributed by atoms with Gasteiger partial charge >= 0.3 is 5.97 Å². The maximum absolute atomic E-state index is 11.6. The number of hydrogen-bond donors (Lipinski definition) is 1. The van der Waals surface area contributed by atoms with Crippen molar-refractivity contribution in [3.05, 3.63) is 71.8 Å². The molecule has 0 heterocycles. The number of aliphatic hydroxyl groups is 1. The summed E-state index contributed by atoms with van der Waals surface area (Å²) in [5.74, 6) is -0.403. The molecule has 0 bridgehead atoms. The second kappa shape index (κ2) is 6.71. The molecule has 0 fully saturated rings. The van der Waals surface area contributed by atoms with Crippen LogP contribution in [0.2, 0.25) is 0 Å². The van der Waals surface area contributed by atoms with Gasteiger partial charge in [-0.1, -0.05) is 60.7 Å². The molecule has 19 heavy (non-hydrogen) atoms. The van der Waals surface area contributed by atoms with Crippen molar-refractivity contribution in [3.63, 3.8) is 0 Å². The van der Waals surface area contributed by atoms with Crippen molar-refractivity contribution in [2.24, 2.45) is 0 Å². The van der Waals surface area contributed by atoms with Crippen molar-refractivity contribution in [2.75, 3.05) is 0 Å². The third-order valence-electron chi connectivity index (χ3n) is 2.79. The summed E-state index contributed by atoms with van der Waals surface area (Å²) in [7, 11) is 0. The Bertz CT molecular complexity index is 508. The van der Waals surface area contributed by atoms with Crippen LogP contribution in [0.15, 0.2) is 60.7 Å². The third-order valence-corrected chi connectivity index (χ3v) is 2.79. The molecule has 1 unspecified atom stereocenters. The Morgan fingerprint density at radius 1 is 1.00 bits per heavy atom. The summed E-state index contributed by atoms with van der Waals surface area (Å²) in [5.41, 5.74) is 1.66. The van der Waals surface area contributed by atoms with E-state index in [0.29, 0.717) is 0 Å². The number of hydrogen-bond acceptors (Lipinski definition) is 3. The Labute approximate surface area is 112 Å². The van der Waals surface area contributed by atoms with Crippen LogP contribution in [-0.4, -0.2) is 11.1 Å². The molecule has 2 aromatic carbocycles. The van der Waals surface area contributed by atoms with Crippen LogP contribution in [0.3, 0.4) is 0 Å². The molecule has 1 atom stereocenters. The molecule has 2 rings (SSSR count). The Hall–Kier alpha value is -2.13. The maximum Gasteiger partial charge on any atom is 0.309 e. The molecule has 3 nitrogen and oxygen atoms in total. The molecule has 1 N–H and O–H groups in total. The SMILES string of the molecule is O=C(CC(O)c1ccccc1)OCc1ccccc1. The van der Waals surface area contributed by atoms with E-state index in [1.807, 2.05) is 48.5 Å². The standard InChI is InChI=1S/C16H16O3/c17-15(14-9-5-2-6-10-14)11-16(18)19-12-13-7-3-1-4-8-13/h1-10,15,17H,11-12H2. The van der Waals surface area contributed by atoms with Crippen LogP contribution in [-0.2, 0) is 16.1 Å². The highest BCUT2D eigenvalue weighted by molar-refractivity contribution is 5.70. The van der Waals surface area contributed by atoms with Crippen LogP contribution in [0, 0.1) is 0 Å². The lowest BCUT2D eigenvalue weighted by Crippen LogP contribution is -2.10. The van der Waals surface area contributed by atoms with E-state index in [1.165, 1.54) is 0 Å². The minimum Gasteiger partial charge on any atom is -0.461 e. The highest BCUT2D eigenvalue weighted by Crippen LogP contribution is 2.16. The molecule has 0 saturated heterocycles. The number of aliphatic hydroxyl groups excluding tert-OH is 1. The molecular weight excluding hydrogens is 240 g/mol. The molecule has 0 radical (unpaired) electrons. The van der Waals surface area contributed by atoms with Gasteiger partial charge in [0.15, 0.2) is 0 Å². The van der Waals surface area contributed by atoms with Crippen molar-refractivity contribution < 1.29 is 14.6 Å². The Morgan fingerprint density at radius 2 is 1.58 bits per heavy atom. The van der Waals surface area contributed by atoms with E-state index in [9.17, 15) is 9.90 Å². The average Bonchev–Trinajstić information content (AvgIpc) is 2.47. The maximum atomic E-state index is 11.6. The van der Waals surface area contributed by atoms with Crippen LogP contribution in [0.5, 0.6) is 0 Å². The zero-order valence-corrected chi connectivity index (χ0v) is 10.5. The van der Waals surface area contributed by atoms with E-state index in [-0.39, 0.29) is 13.0 Å². The fourth-order valence-corrected chi connectivity index (χ4v) is 1.75. The average molecular weight is 256 g/mol. The van der Waals surface area contributed by atoms with Gasteiger partial charge in [-0.15, -0.1) is 0 Å². The van der Waals surface area contributed by atoms with Crippen LogP contribution >= 0.6 is 0 Å². The second-order valence-electron chi connectivity index (χ2n) is 4.28. The predicted molar refractivity (Wildman–Crippen MR) is 72.3 cm³/mol. The molecule has 0 aliphatic rings. The quantitative estimate of drug-likeness (QED) is 0.837. The molecule has 0 amide bonds. The van der Waals surface area contributed by atoms with Gasteiger partial charge in [0.05, 0.1) is 12.5 Å². The largest absolute Gasteiger partial charge is 0.461 e. The monoisotopic (exact) mass is 256 g/mol. The molecule has 0 aliphatic heterocycles. The van der Waals surface area contributed by atoms with Crippen LogP contribution in [0.4, 0.5) is 0 Å². The number of ether oxygens (including phenoxy) is 1. The molecule has 2 aromatic rings. The van der Waals surface area contributed by atoms with Crippen molar-refractivity contribution in [2.45, 2.75) is 19.1 Å². The zero-order valence-electron chi connectivity index (χ0n) is 10.5. The van der Waals surface area contributed by atoms with Gasteiger partial charge in [0.1, 0.15) is 6.61 Å². The first-order valence-corrected chi connectivity index (χ1v) is 6.18. The Morgan fingerprint density at radius 3 is 2.21 bits per heavy atom. The summed E-state index contributed by atoms with van der Waals surface area (Å²) in [4.78, 5) is 11.6. The van der Waals surface area contributed by atoms with Gasteiger partial charge in [-0.05, 0) is 11.1 Å². The smallest absolute Gasteiger partial charge is 0.309 e. The van der Waals surface area contributed by atoms with Crippen LogP contribution < -0.4 is 0 Å². The van der Waals surface area contributed by atoms with E-state index in [1.54, 1.807) is 12.1 Å². The third kappa shape index (κ3) is 4.23. The van der Waals surface area contributed by atoms with Crippen molar-refractivity contribution in [1.29, 1.82) is 0 Å².